The summed E-state index contributed by atoms with van der Waals surface area (Å²) < 4.78 is 11.0. The van der Waals surface area contributed by atoms with Crippen LogP contribution in [0.1, 0.15) is 12.5 Å². The Morgan fingerprint density at radius 3 is 2.79 bits per heavy atom. The zero-order valence-corrected chi connectivity index (χ0v) is 11.4. The van der Waals surface area contributed by atoms with Gasteiger partial charge in [0.2, 0.25) is 0 Å². The zero-order valence-electron chi connectivity index (χ0n) is 11.4. The molecule has 1 aromatic rings. The lowest BCUT2D eigenvalue weighted by Crippen LogP contribution is -2.46. The van der Waals surface area contributed by atoms with Crippen molar-refractivity contribution in [3.8, 4) is 5.75 Å². The number of nitrogens with two attached hydrogens (primary N) is 1. The minimum Gasteiger partial charge on any atom is -0.481 e. The van der Waals surface area contributed by atoms with Gasteiger partial charge in [-0.25, -0.2) is 0 Å². The van der Waals surface area contributed by atoms with E-state index in [-0.39, 0.29) is 5.91 Å². The van der Waals surface area contributed by atoms with Gasteiger partial charge in [0.15, 0.2) is 6.10 Å². The van der Waals surface area contributed by atoms with Crippen LogP contribution in [0, 0.1) is 6.92 Å². The molecule has 19 heavy (non-hydrogen) atoms. The Morgan fingerprint density at radius 1 is 1.42 bits per heavy atom. The highest BCUT2D eigenvalue weighted by atomic mass is 16.5. The van der Waals surface area contributed by atoms with E-state index in [1.165, 1.54) is 0 Å². The SMILES string of the molecule is Cc1c(N)cccc1OC(C)C(=O)N1CCOCC1. The van der Waals surface area contributed by atoms with Crippen molar-refractivity contribution in [3.63, 3.8) is 0 Å². The van der Waals surface area contributed by atoms with Crippen LogP contribution < -0.4 is 10.5 Å². The molecule has 0 saturated carbocycles. The second-order valence-electron chi connectivity index (χ2n) is 4.67. The number of hydrogen-bond acceptors (Lipinski definition) is 4. The number of hydrogen-bond donors (Lipinski definition) is 1. The number of rotatable bonds is 3. The normalized spacial score (nSPS) is 17.1. The Balaban J connectivity index is 2.01. The molecule has 1 unspecified atom stereocenters. The van der Waals surface area contributed by atoms with Gasteiger partial charge in [-0.05, 0) is 26.0 Å². The molecule has 1 aliphatic rings. The van der Waals surface area contributed by atoms with Gasteiger partial charge in [-0.15, -0.1) is 0 Å². The molecule has 2 N–H and O–H groups in total. The molecule has 0 radical (unpaired) electrons. The molecule has 0 aliphatic carbocycles. The van der Waals surface area contributed by atoms with Crippen LogP contribution >= 0.6 is 0 Å². The van der Waals surface area contributed by atoms with Crippen LogP contribution in [0.25, 0.3) is 0 Å². The first-order valence-electron chi connectivity index (χ1n) is 6.48. The number of carbonyl (C=O) groups is 1. The quantitative estimate of drug-likeness (QED) is 0.833. The monoisotopic (exact) mass is 264 g/mol. The van der Waals surface area contributed by atoms with Crippen molar-refractivity contribution >= 4 is 11.6 Å². The second kappa shape index (κ2) is 5.93. The molecule has 0 spiro atoms. The van der Waals surface area contributed by atoms with Gasteiger partial charge >= 0.3 is 0 Å². The Bertz CT molecular complexity index is 456. The van der Waals surface area contributed by atoms with E-state index in [2.05, 4.69) is 0 Å². The summed E-state index contributed by atoms with van der Waals surface area (Å²) in [5, 5.41) is 0. The number of benzene rings is 1. The molecule has 5 heteroatoms. The fraction of sp³-hybridized carbons (Fsp3) is 0.500. The molecule has 1 amide bonds. The first kappa shape index (κ1) is 13.7. The summed E-state index contributed by atoms with van der Waals surface area (Å²) in [5.41, 5.74) is 7.36. The molecule has 1 fully saturated rings. The first-order chi connectivity index (χ1) is 9.09. The second-order valence-corrected chi connectivity index (χ2v) is 4.67. The molecule has 1 heterocycles. The van der Waals surface area contributed by atoms with Crippen LogP contribution in [0.4, 0.5) is 5.69 Å². The average Bonchev–Trinajstić information content (AvgIpc) is 2.44. The van der Waals surface area contributed by atoms with Crippen molar-refractivity contribution < 1.29 is 14.3 Å². The van der Waals surface area contributed by atoms with Crippen molar-refractivity contribution in [2.45, 2.75) is 20.0 Å². The van der Waals surface area contributed by atoms with Gasteiger partial charge in [0.05, 0.1) is 13.2 Å². The van der Waals surface area contributed by atoms with Gasteiger partial charge in [0.25, 0.3) is 5.91 Å². The van der Waals surface area contributed by atoms with Gasteiger partial charge < -0.3 is 20.1 Å². The molecule has 1 saturated heterocycles. The summed E-state index contributed by atoms with van der Waals surface area (Å²) in [7, 11) is 0. The first-order valence-corrected chi connectivity index (χ1v) is 6.48. The van der Waals surface area contributed by atoms with E-state index in [1.807, 2.05) is 25.1 Å². The van der Waals surface area contributed by atoms with Crippen molar-refractivity contribution in [1.29, 1.82) is 0 Å². The Hall–Kier alpha value is -1.75. The smallest absolute Gasteiger partial charge is 0.263 e. The molecule has 1 atom stereocenters. The maximum absolute atomic E-state index is 12.2. The maximum Gasteiger partial charge on any atom is 0.263 e. The van der Waals surface area contributed by atoms with E-state index >= 15 is 0 Å². The van der Waals surface area contributed by atoms with E-state index in [0.29, 0.717) is 37.7 Å². The van der Waals surface area contributed by atoms with Crippen molar-refractivity contribution in [3.05, 3.63) is 23.8 Å². The minimum atomic E-state index is -0.515. The molecule has 1 aliphatic heterocycles. The van der Waals surface area contributed by atoms with Crippen molar-refractivity contribution in [1.82, 2.24) is 4.90 Å². The standard InChI is InChI=1S/C14H20N2O3/c1-10-12(15)4-3-5-13(10)19-11(2)14(17)16-6-8-18-9-7-16/h3-5,11H,6-9,15H2,1-2H3. The van der Waals surface area contributed by atoms with Crippen molar-refractivity contribution in [2.75, 3.05) is 32.0 Å². The molecule has 2 rings (SSSR count). The van der Waals surface area contributed by atoms with Gasteiger partial charge in [-0.3, -0.25) is 4.79 Å². The van der Waals surface area contributed by atoms with E-state index in [1.54, 1.807) is 11.8 Å². The molecular formula is C14H20N2O3. The molecule has 0 bridgehead atoms. The molecule has 104 valence electrons. The fourth-order valence-corrected chi connectivity index (χ4v) is 2.04. The van der Waals surface area contributed by atoms with E-state index in [9.17, 15) is 4.79 Å². The Morgan fingerprint density at radius 2 is 2.11 bits per heavy atom. The van der Waals surface area contributed by atoms with Gasteiger partial charge in [0, 0.05) is 24.3 Å². The molecule has 5 nitrogen and oxygen atoms in total. The number of morpholine rings is 1. The lowest BCUT2D eigenvalue weighted by atomic mass is 10.2. The third kappa shape index (κ3) is 3.17. The lowest BCUT2D eigenvalue weighted by Gasteiger charge is -2.29. The van der Waals surface area contributed by atoms with Crippen molar-refractivity contribution in [2.24, 2.45) is 0 Å². The number of amides is 1. The van der Waals surface area contributed by atoms with Crippen LogP contribution in [0.15, 0.2) is 18.2 Å². The Kier molecular flexibility index (Phi) is 4.27. The van der Waals surface area contributed by atoms with Crippen LogP contribution in [-0.4, -0.2) is 43.2 Å². The Labute approximate surface area is 113 Å². The van der Waals surface area contributed by atoms with Gasteiger partial charge in [0.1, 0.15) is 5.75 Å². The summed E-state index contributed by atoms with van der Waals surface area (Å²) >= 11 is 0. The summed E-state index contributed by atoms with van der Waals surface area (Å²) in [4.78, 5) is 14.0. The summed E-state index contributed by atoms with van der Waals surface area (Å²) in [6.07, 6.45) is -0.515. The van der Waals surface area contributed by atoms with E-state index in [4.69, 9.17) is 15.2 Å². The molecule has 1 aromatic carbocycles. The van der Waals surface area contributed by atoms with E-state index in [0.717, 1.165) is 5.56 Å². The van der Waals surface area contributed by atoms with Crippen LogP contribution in [0.2, 0.25) is 0 Å². The molecule has 0 aromatic heterocycles. The topological polar surface area (TPSA) is 64.8 Å². The minimum absolute atomic E-state index is 0.00914. The third-order valence-electron chi connectivity index (χ3n) is 3.30. The van der Waals surface area contributed by atoms with Crippen LogP contribution in [-0.2, 0) is 9.53 Å². The summed E-state index contributed by atoms with van der Waals surface area (Å²) in [6, 6.07) is 5.47. The number of anilines is 1. The average molecular weight is 264 g/mol. The summed E-state index contributed by atoms with van der Waals surface area (Å²) in [6.45, 7) is 6.09. The highest BCUT2D eigenvalue weighted by molar-refractivity contribution is 5.81. The third-order valence-corrected chi connectivity index (χ3v) is 3.30. The highest BCUT2D eigenvalue weighted by Crippen LogP contribution is 2.24. The summed E-state index contributed by atoms with van der Waals surface area (Å²) in [5.74, 6) is 0.652. The van der Waals surface area contributed by atoms with Gasteiger partial charge in [-0.2, -0.15) is 0 Å². The fourth-order valence-electron chi connectivity index (χ4n) is 2.04. The number of nitrogens with zero attached hydrogens (tertiary/aromatic N) is 1. The highest BCUT2D eigenvalue weighted by Gasteiger charge is 2.24. The predicted molar refractivity (Wildman–Crippen MR) is 73.1 cm³/mol. The zero-order chi connectivity index (χ0) is 13.8. The number of nitrogen functional groups attached to an aromatic ring is 1. The van der Waals surface area contributed by atoms with E-state index < -0.39 is 6.10 Å². The molecular weight excluding hydrogens is 244 g/mol. The van der Waals surface area contributed by atoms with Crippen LogP contribution in [0.5, 0.6) is 5.75 Å². The van der Waals surface area contributed by atoms with Gasteiger partial charge in [-0.1, -0.05) is 6.07 Å². The van der Waals surface area contributed by atoms with Crippen LogP contribution in [0.3, 0.4) is 0 Å². The largest absolute Gasteiger partial charge is 0.481 e. The maximum atomic E-state index is 12.2. The number of carbonyl (C=O) groups excluding carboxylic acids is 1. The number of ether oxygens (including phenoxy) is 2. The predicted octanol–water partition coefficient (Wildman–Crippen LogP) is 1.20. The lowest BCUT2D eigenvalue weighted by molar-refractivity contribution is -0.142.